The average Bonchev–Trinajstić information content (AvgIpc) is 2.74. The van der Waals surface area contributed by atoms with Crippen molar-refractivity contribution in [1.29, 1.82) is 0 Å². The lowest BCUT2D eigenvalue weighted by atomic mass is 9.86. The van der Waals surface area contributed by atoms with Crippen molar-refractivity contribution in [3.05, 3.63) is 77.0 Å². The van der Waals surface area contributed by atoms with Crippen LogP contribution in [0.5, 0.6) is 0 Å². The van der Waals surface area contributed by atoms with Gasteiger partial charge in [0.05, 0.1) is 30.8 Å². The molecule has 5 heteroatoms. The molecule has 0 saturated heterocycles. The molecule has 1 aliphatic rings. The zero-order valence-corrected chi connectivity index (χ0v) is 19.5. The van der Waals surface area contributed by atoms with Gasteiger partial charge in [-0.1, -0.05) is 42.5 Å². The molecular formula is C28H29NO4. The second-order valence-corrected chi connectivity index (χ2v) is 9.47. The molecule has 33 heavy (non-hydrogen) atoms. The summed E-state index contributed by atoms with van der Waals surface area (Å²) in [5.41, 5.74) is 6.47. The number of carbonyl (C=O) groups is 1. The monoisotopic (exact) mass is 443 g/mol. The zero-order chi connectivity index (χ0) is 23.8. The van der Waals surface area contributed by atoms with Crippen LogP contribution in [-0.4, -0.2) is 26.8 Å². The Morgan fingerprint density at radius 2 is 1.73 bits per heavy atom. The maximum absolute atomic E-state index is 11.6. The minimum Gasteiger partial charge on any atom is -0.481 e. The van der Waals surface area contributed by atoms with Crippen molar-refractivity contribution in [3.8, 4) is 11.1 Å². The normalized spacial score (nSPS) is 13.0. The van der Waals surface area contributed by atoms with Gasteiger partial charge in [-0.15, -0.1) is 0 Å². The number of aliphatic carboxylic acids is 1. The molecular weight excluding hydrogens is 414 g/mol. The van der Waals surface area contributed by atoms with Gasteiger partial charge in [0, 0.05) is 17.1 Å². The second kappa shape index (κ2) is 8.93. The summed E-state index contributed by atoms with van der Waals surface area (Å²) in [7, 11) is 0. The Morgan fingerprint density at radius 1 is 1.06 bits per heavy atom. The van der Waals surface area contributed by atoms with Crippen molar-refractivity contribution in [1.82, 2.24) is 4.98 Å². The molecule has 0 amide bonds. The van der Waals surface area contributed by atoms with Gasteiger partial charge in [-0.25, -0.2) is 0 Å². The summed E-state index contributed by atoms with van der Waals surface area (Å²) >= 11 is 0. The smallest absolute Gasteiger partial charge is 0.307 e. The molecule has 0 aliphatic carbocycles. The first-order chi connectivity index (χ1) is 15.6. The van der Waals surface area contributed by atoms with Crippen LogP contribution in [0.15, 0.2) is 54.7 Å². The molecule has 2 N–H and O–H groups in total. The van der Waals surface area contributed by atoms with Gasteiger partial charge in [0.25, 0.3) is 0 Å². The summed E-state index contributed by atoms with van der Waals surface area (Å²) in [6, 6.07) is 16.4. The zero-order valence-electron chi connectivity index (χ0n) is 19.5. The third kappa shape index (κ3) is 4.90. The second-order valence-electron chi connectivity index (χ2n) is 9.47. The van der Waals surface area contributed by atoms with E-state index < -0.39 is 11.6 Å². The van der Waals surface area contributed by atoms with Crippen LogP contribution in [0.1, 0.15) is 43.0 Å². The number of pyridine rings is 1. The van der Waals surface area contributed by atoms with E-state index in [1.54, 1.807) is 20.8 Å². The fourth-order valence-corrected chi connectivity index (χ4v) is 4.34. The molecule has 0 bridgehead atoms. The summed E-state index contributed by atoms with van der Waals surface area (Å²) in [6.45, 7) is 8.37. The average molecular weight is 444 g/mol. The molecule has 4 aromatic rings. The first kappa shape index (κ1) is 22.9. The highest BCUT2D eigenvalue weighted by Crippen LogP contribution is 2.40. The predicted octanol–water partition coefficient (Wildman–Crippen LogP) is 5.80. The van der Waals surface area contributed by atoms with Crippen LogP contribution in [-0.2, 0) is 29.2 Å². The molecule has 1 aliphatic heterocycles. The van der Waals surface area contributed by atoms with Crippen molar-refractivity contribution in [2.75, 3.05) is 0 Å². The number of hydrogen-bond donors (Lipinski definition) is 2. The van der Waals surface area contributed by atoms with Gasteiger partial charge in [0.15, 0.2) is 0 Å². The quantitative estimate of drug-likeness (QED) is 0.418. The standard InChI is InChI=1S/C24H19NO3.C4H10O/c1-14-10-15-4-2-3-5-18(15)23(20(14)11-21(26)27)19-7-6-16-12-28-13-17-8-9-25-24(19)22(16)17;1-4(2,3)5/h2-10H,11-13H2,1H3,(H,26,27);5H,1-3H3. The first-order valence-electron chi connectivity index (χ1n) is 11.1. The summed E-state index contributed by atoms with van der Waals surface area (Å²) in [5, 5.41) is 21.4. The maximum atomic E-state index is 11.6. The molecule has 0 saturated carbocycles. The molecule has 170 valence electrons. The number of aliphatic hydroxyl groups is 1. The third-order valence-corrected chi connectivity index (χ3v) is 5.56. The minimum absolute atomic E-state index is 0.0158. The predicted molar refractivity (Wildman–Crippen MR) is 131 cm³/mol. The number of carboxylic acids is 1. The van der Waals surface area contributed by atoms with Crippen molar-refractivity contribution in [2.45, 2.75) is 52.9 Å². The summed E-state index contributed by atoms with van der Waals surface area (Å²) in [5.74, 6) is -0.830. The van der Waals surface area contributed by atoms with Gasteiger partial charge in [0.1, 0.15) is 0 Å². The molecule has 3 aromatic carbocycles. The van der Waals surface area contributed by atoms with Crippen LogP contribution in [0.2, 0.25) is 0 Å². The Kier molecular flexibility index (Phi) is 6.19. The summed E-state index contributed by atoms with van der Waals surface area (Å²) in [6.07, 6.45) is 1.80. The van der Waals surface area contributed by atoms with Crippen LogP contribution in [0.4, 0.5) is 0 Å². The van der Waals surface area contributed by atoms with E-state index in [1.807, 2.05) is 31.3 Å². The van der Waals surface area contributed by atoms with E-state index in [2.05, 4.69) is 30.3 Å². The van der Waals surface area contributed by atoms with Crippen molar-refractivity contribution in [3.63, 3.8) is 0 Å². The van der Waals surface area contributed by atoms with E-state index in [9.17, 15) is 9.90 Å². The maximum Gasteiger partial charge on any atom is 0.307 e. The van der Waals surface area contributed by atoms with Gasteiger partial charge >= 0.3 is 5.97 Å². The number of rotatable bonds is 3. The summed E-state index contributed by atoms with van der Waals surface area (Å²) < 4.78 is 5.69. The van der Waals surface area contributed by atoms with Gasteiger partial charge in [-0.2, -0.15) is 0 Å². The Morgan fingerprint density at radius 3 is 2.42 bits per heavy atom. The Labute approximate surface area is 193 Å². The molecule has 0 radical (unpaired) electrons. The van der Waals surface area contributed by atoms with E-state index >= 15 is 0 Å². The van der Waals surface area contributed by atoms with Gasteiger partial charge in [0.2, 0.25) is 0 Å². The Balaban J connectivity index is 0.000000471. The van der Waals surface area contributed by atoms with Crippen LogP contribution in [0, 0.1) is 6.92 Å². The fraction of sp³-hybridized carbons (Fsp3) is 0.286. The number of ether oxygens (including phenoxy) is 1. The molecule has 5 nitrogen and oxygen atoms in total. The number of fused-ring (bicyclic) bond motifs is 1. The van der Waals surface area contributed by atoms with Crippen molar-refractivity contribution < 1.29 is 19.7 Å². The van der Waals surface area contributed by atoms with Gasteiger partial charge < -0.3 is 14.9 Å². The Bertz CT molecular complexity index is 1340. The van der Waals surface area contributed by atoms with Crippen molar-refractivity contribution >= 4 is 27.6 Å². The molecule has 0 unspecified atom stereocenters. The number of carboxylic acid groups (broad SMARTS) is 1. The van der Waals surface area contributed by atoms with E-state index in [1.165, 1.54) is 0 Å². The largest absolute Gasteiger partial charge is 0.481 e. The van der Waals surface area contributed by atoms with Gasteiger partial charge in [-0.3, -0.25) is 9.78 Å². The fourth-order valence-electron chi connectivity index (χ4n) is 4.34. The van der Waals surface area contributed by atoms with Crippen LogP contribution < -0.4 is 0 Å². The highest BCUT2D eigenvalue weighted by atomic mass is 16.5. The van der Waals surface area contributed by atoms with E-state index in [-0.39, 0.29) is 6.42 Å². The lowest BCUT2D eigenvalue weighted by molar-refractivity contribution is -0.136. The van der Waals surface area contributed by atoms with E-state index in [0.29, 0.717) is 13.2 Å². The SMILES string of the molecule is CC(C)(C)O.Cc1cc2ccccc2c(-c2ccc3c4c(ccnc24)COC3)c1CC(=O)O. The number of benzene rings is 3. The van der Waals surface area contributed by atoms with Gasteiger partial charge in [-0.05, 0) is 72.4 Å². The number of hydrogen-bond acceptors (Lipinski definition) is 4. The highest BCUT2D eigenvalue weighted by molar-refractivity contribution is 6.07. The molecule has 5 rings (SSSR count). The number of aryl methyl sites for hydroxylation is 1. The first-order valence-corrected chi connectivity index (χ1v) is 11.1. The highest BCUT2D eigenvalue weighted by Gasteiger charge is 2.21. The van der Waals surface area contributed by atoms with Crippen LogP contribution in [0.3, 0.4) is 0 Å². The molecule has 0 spiro atoms. The molecule has 0 atom stereocenters. The minimum atomic E-state index is -0.830. The lowest BCUT2D eigenvalue weighted by Crippen LogP contribution is -2.10. The van der Waals surface area contributed by atoms with Crippen LogP contribution in [0.25, 0.3) is 32.8 Å². The molecule has 0 fully saturated rings. The number of nitrogens with zero attached hydrogens (tertiary/aromatic N) is 1. The third-order valence-electron chi connectivity index (χ3n) is 5.56. The molecule has 2 heterocycles. The van der Waals surface area contributed by atoms with Crippen molar-refractivity contribution in [2.24, 2.45) is 0 Å². The van der Waals surface area contributed by atoms with Crippen LogP contribution >= 0.6 is 0 Å². The molecule has 1 aromatic heterocycles. The lowest BCUT2D eigenvalue weighted by Gasteiger charge is -2.21. The topological polar surface area (TPSA) is 79.7 Å². The van der Waals surface area contributed by atoms with E-state index in [4.69, 9.17) is 14.8 Å². The Hall–Kier alpha value is -3.28. The van der Waals surface area contributed by atoms with E-state index in [0.717, 1.165) is 55.1 Å². The summed E-state index contributed by atoms with van der Waals surface area (Å²) in [4.78, 5) is 16.4. The number of aromatic nitrogens is 1.